The number of amides is 2. The van der Waals surface area contributed by atoms with Crippen molar-refractivity contribution in [2.24, 2.45) is 5.92 Å². The molecule has 1 aromatic rings. The summed E-state index contributed by atoms with van der Waals surface area (Å²) < 4.78 is 10.6. The van der Waals surface area contributed by atoms with Gasteiger partial charge in [-0.2, -0.15) is 0 Å². The summed E-state index contributed by atoms with van der Waals surface area (Å²) in [5, 5.41) is 2.79. The summed E-state index contributed by atoms with van der Waals surface area (Å²) in [5.41, 5.74) is 0.680. The molecule has 3 aliphatic rings. The van der Waals surface area contributed by atoms with Crippen LogP contribution in [0.15, 0.2) is 18.2 Å². The zero-order chi connectivity index (χ0) is 13.7. The molecule has 20 heavy (non-hydrogen) atoms. The number of nitrogens with zero attached hydrogens (tertiary/aromatic N) is 1. The van der Waals surface area contributed by atoms with Crippen LogP contribution >= 0.6 is 0 Å². The molecule has 6 heteroatoms. The molecule has 2 heterocycles. The SMILES string of the molecule is O=C1CN(c2ccc3c(c2)OCO3)C(=O)C(C2CC2)N1. The normalized spacial score (nSPS) is 24.8. The van der Waals surface area contributed by atoms with Crippen molar-refractivity contribution in [1.82, 2.24) is 5.32 Å². The van der Waals surface area contributed by atoms with Gasteiger partial charge in [0.1, 0.15) is 12.6 Å². The molecule has 1 atom stereocenters. The van der Waals surface area contributed by atoms with Crippen molar-refractivity contribution in [3.05, 3.63) is 18.2 Å². The standard InChI is InChI=1S/C14H14N2O4/c17-12-6-16(14(18)13(15-12)8-1-2-8)9-3-4-10-11(5-9)20-7-19-10/h3-5,8,13H,1-2,6-7H2,(H,15,17). The Morgan fingerprint density at radius 2 is 1.95 bits per heavy atom. The monoisotopic (exact) mass is 274 g/mol. The molecule has 0 spiro atoms. The van der Waals surface area contributed by atoms with E-state index in [4.69, 9.17) is 9.47 Å². The number of hydrogen-bond donors (Lipinski definition) is 1. The van der Waals surface area contributed by atoms with Crippen molar-refractivity contribution in [2.75, 3.05) is 18.2 Å². The second-order valence-corrected chi connectivity index (χ2v) is 5.34. The van der Waals surface area contributed by atoms with Gasteiger partial charge in [-0.25, -0.2) is 0 Å². The van der Waals surface area contributed by atoms with E-state index in [1.807, 2.05) is 0 Å². The van der Waals surface area contributed by atoms with Crippen molar-refractivity contribution >= 4 is 17.5 Å². The van der Waals surface area contributed by atoms with Crippen LogP contribution in [0, 0.1) is 5.92 Å². The number of hydrogen-bond acceptors (Lipinski definition) is 4. The van der Waals surface area contributed by atoms with E-state index in [1.54, 1.807) is 18.2 Å². The molecule has 6 nitrogen and oxygen atoms in total. The van der Waals surface area contributed by atoms with Crippen LogP contribution in [0.2, 0.25) is 0 Å². The summed E-state index contributed by atoms with van der Waals surface area (Å²) in [6, 6.07) is 4.93. The van der Waals surface area contributed by atoms with Crippen LogP contribution in [-0.2, 0) is 9.59 Å². The molecule has 1 unspecified atom stereocenters. The lowest BCUT2D eigenvalue weighted by Crippen LogP contribution is -2.59. The van der Waals surface area contributed by atoms with Crippen LogP contribution in [0.25, 0.3) is 0 Å². The van der Waals surface area contributed by atoms with E-state index in [9.17, 15) is 9.59 Å². The first kappa shape index (κ1) is 11.6. The zero-order valence-electron chi connectivity index (χ0n) is 10.8. The molecule has 2 amide bonds. The lowest BCUT2D eigenvalue weighted by molar-refractivity contribution is -0.131. The van der Waals surface area contributed by atoms with Gasteiger partial charge in [0.25, 0.3) is 0 Å². The van der Waals surface area contributed by atoms with Crippen molar-refractivity contribution in [1.29, 1.82) is 0 Å². The first-order valence-corrected chi connectivity index (χ1v) is 6.73. The molecule has 1 aliphatic carbocycles. The molecule has 1 aromatic carbocycles. The van der Waals surface area contributed by atoms with E-state index in [1.165, 1.54) is 4.90 Å². The number of carbonyl (C=O) groups is 2. The molecule has 0 radical (unpaired) electrons. The van der Waals surface area contributed by atoms with Crippen molar-refractivity contribution in [2.45, 2.75) is 18.9 Å². The maximum Gasteiger partial charge on any atom is 0.250 e. The molecule has 0 aromatic heterocycles. The molecule has 0 bridgehead atoms. The maximum atomic E-state index is 12.5. The van der Waals surface area contributed by atoms with E-state index in [0.29, 0.717) is 23.1 Å². The van der Waals surface area contributed by atoms with Gasteiger partial charge in [0, 0.05) is 11.8 Å². The summed E-state index contributed by atoms with van der Waals surface area (Å²) in [4.78, 5) is 25.8. The summed E-state index contributed by atoms with van der Waals surface area (Å²) in [7, 11) is 0. The quantitative estimate of drug-likeness (QED) is 0.860. The maximum absolute atomic E-state index is 12.5. The van der Waals surface area contributed by atoms with E-state index < -0.39 is 0 Å². The summed E-state index contributed by atoms with van der Waals surface area (Å²) in [5.74, 6) is 1.43. The fourth-order valence-electron chi connectivity index (χ4n) is 2.69. The number of benzene rings is 1. The van der Waals surface area contributed by atoms with E-state index in [2.05, 4.69) is 5.32 Å². The zero-order valence-corrected chi connectivity index (χ0v) is 10.8. The number of nitrogens with one attached hydrogen (secondary N) is 1. The minimum Gasteiger partial charge on any atom is -0.454 e. The summed E-state index contributed by atoms with van der Waals surface area (Å²) >= 11 is 0. The Bertz CT molecular complexity index is 597. The topological polar surface area (TPSA) is 67.9 Å². The van der Waals surface area contributed by atoms with E-state index in [0.717, 1.165) is 12.8 Å². The predicted molar refractivity (Wildman–Crippen MR) is 69.6 cm³/mol. The Labute approximate surface area is 115 Å². The fourth-order valence-corrected chi connectivity index (χ4v) is 2.69. The molecule has 104 valence electrons. The highest BCUT2D eigenvalue weighted by Gasteiger charge is 2.43. The highest BCUT2D eigenvalue weighted by molar-refractivity contribution is 6.07. The van der Waals surface area contributed by atoms with Gasteiger partial charge in [-0.3, -0.25) is 9.59 Å². The largest absolute Gasteiger partial charge is 0.454 e. The number of anilines is 1. The van der Waals surface area contributed by atoms with E-state index >= 15 is 0 Å². The molecule has 1 saturated heterocycles. The third-order valence-corrected chi connectivity index (χ3v) is 3.91. The van der Waals surface area contributed by atoms with Crippen LogP contribution in [0.4, 0.5) is 5.69 Å². The van der Waals surface area contributed by atoms with Gasteiger partial charge in [-0.15, -0.1) is 0 Å². The first-order valence-electron chi connectivity index (χ1n) is 6.73. The molecule has 1 saturated carbocycles. The van der Waals surface area contributed by atoms with Crippen LogP contribution in [0.3, 0.4) is 0 Å². The van der Waals surface area contributed by atoms with Gasteiger partial charge in [0.15, 0.2) is 11.5 Å². The van der Waals surface area contributed by atoms with Gasteiger partial charge < -0.3 is 19.7 Å². The Balaban J connectivity index is 1.65. The fraction of sp³-hybridized carbons (Fsp3) is 0.429. The van der Waals surface area contributed by atoms with Crippen LogP contribution < -0.4 is 19.7 Å². The highest BCUT2D eigenvalue weighted by atomic mass is 16.7. The van der Waals surface area contributed by atoms with Gasteiger partial charge in [0.05, 0.1) is 0 Å². The molecule has 1 N–H and O–H groups in total. The van der Waals surface area contributed by atoms with Crippen LogP contribution in [0.5, 0.6) is 11.5 Å². The average Bonchev–Trinajstić information content (AvgIpc) is 3.18. The number of ether oxygens (including phenoxy) is 2. The Morgan fingerprint density at radius 1 is 1.15 bits per heavy atom. The van der Waals surface area contributed by atoms with Crippen LogP contribution in [0.1, 0.15) is 12.8 Å². The Hall–Kier alpha value is -2.24. The van der Waals surface area contributed by atoms with Crippen molar-refractivity contribution in [3.63, 3.8) is 0 Å². The predicted octanol–water partition coefficient (Wildman–Crippen LogP) is 0.657. The van der Waals surface area contributed by atoms with Gasteiger partial charge in [0.2, 0.25) is 18.6 Å². The number of fused-ring (bicyclic) bond motifs is 1. The van der Waals surface area contributed by atoms with Gasteiger partial charge in [-0.05, 0) is 30.9 Å². The van der Waals surface area contributed by atoms with Crippen molar-refractivity contribution < 1.29 is 19.1 Å². The van der Waals surface area contributed by atoms with E-state index in [-0.39, 0.29) is 31.2 Å². The molecular weight excluding hydrogens is 260 g/mol. The highest BCUT2D eigenvalue weighted by Crippen LogP contribution is 2.38. The summed E-state index contributed by atoms with van der Waals surface area (Å²) in [6.45, 7) is 0.250. The molecule has 2 fully saturated rings. The number of rotatable bonds is 2. The second-order valence-electron chi connectivity index (χ2n) is 5.34. The molecular formula is C14H14N2O4. The molecule has 2 aliphatic heterocycles. The smallest absolute Gasteiger partial charge is 0.250 e. The summed E-state index contributed by atoms with van der Waals surface area (Å²) in [6.07, 6.45) is 2.01. The van der Waals surface area contributed by atoms with Gasteiger partial charge in [-0.1, -0.05) is 0 Å². The van der Waals surface area contributed by atoms with Crippen LogP contribution in [-0.4, -0.2) is 31.2 Å². The minimum absolute atomic E-state index is 0.0361. The third-order valence-electron chi connectivity index (χ3n) is 3.91. The van der Waals surface area contributed by atoms with Crippen molar-refractivity contribution in [3.8, 4) is 11.5 Å². The average molecular weight is 274 g/mol. The Morgan fingerprint density at radius 3 is 2.75 bits per heavy atom. The van der Waals surface area contributed by atoms with Gasteiger partial charge >= 0.3 is 0 Å². The lowest BCUT2D eigenvalue weighted by Gasteiger charge is -2.32. The lowest BCUT2D eigenvalue weighted by atomic mass is 10.1. The molecule has 4 rings (SSSR count). The minimum atomic E-state index is -0.373. The Kier molecular flexibility index (Phi) is 2.39. The number of piperazine rings is 1. The first-order chi connectivity index (χ1) is 9.72. The number of carbonyl (C=O) groups excluding carboxylic acids is 2. The second kappa shape index (κ2) is 4.13. The third kappa shape index (κ3) is 1.79.